The maximum Gasteiger partial charge on any atom is 0.244 e. The molecule has 0 saturated carbocycles. The van der Waals surface area contributed by atoms with Crippen molar-refractivity contribution < 1.29 is 4.52 Å². The maximum atomic E-state index is 5.91. The Morgan fingerprint density at radius 1 is 1.35 bits per heavy atom. The standard InChI is InChI=1S/C16H21ClN4O.ClH/c1-11(21-9-3-4-14(10-21)18-2)16-19-15(20-22-16)12-5-7-13(17)8-6-12;/h5-8,11,14,18H,3-4,9-10H2,1-2H3;1H. The lowest BCUT2D eigenvalue weighted by atomic mass is 10.0. The lowest BCUT2D eigenvalue weighted by Crippen LogP contribution is -2.45. The van der Waals surface area contributed by atoms with Crippen molar-refractivity contribution in [2.24, 2.45) is 0 Å². The van der Waals surface area contributed by atoms with Gasteiger partial charge in [-0.3, -0.25) is 4.90 Å². The van der Waals surface area contributed by atoms with Crippen LogP contribution in [0.25, 0.3) is 11.4 Å². The Bertz CT molecular complexity index is 617. The summed E-state index contributed by atoms with van der Waals surface area (Å²) in [7, 11) is 2.02. The first-order chi connectivity index (χ1) is 10.7. The van der Waals surface area contributed by atoms with E-state index < -0.39 is 0 Å². The summed E-state index contributed by atoms with van der Waals surface area (Å²) in [6, 6.07) is 8.13. The number of hydrogen-bond donors (Lipinski definition) is 1. The highest BCUT2D eigenvalue weighted by atomic mass is 35.5. The van der Waals surface area contributed by atoms with Crippen LogP contribution in [0, 0.1) is 0 Å². The normalized spacial score (nSPS) is 20.0. The minimum Gasteiger partial charge on any atom is -0.337 e. The molecule has 2 aromatic rings. The number of benzene rings is 1. The molecule has 1 aromatic heterocycles. The van der Waals surface area contributed by atoms with Crippen molar-refractivity contribution in [1.29, 1.82) is 0 Å². The number of likely N-dealkylation sites (tertiary alicyclic amines) is 1. The Hall–Kier alpha value is -1.14. The van der Waals surface area contributed by atoms with Crippen molar-refractivity contribution in [3.8, 4) is 11.4 Å². The number of nitrogens with one attached hydrogen (secondary N) is 1. The fraction of sp³-hybridized carbons (Fsp3) is 0.500. The molecule has 1 saturated heterocycles. The Kier molecular flexibility index (Phi) is 6.41. The predicted molar refractivity (Wildman–Crippen MR) is 94.1 cm³/mol. The van der Waals surface area contributed by atoms with Crippen LogP contribution in [0.15, 0.2) is 28.8 Å². The minimum absolute atomic E-state index is 0. The predicted octanol–water partition coefficient (Wildman–Crippen LogP) is 3.56. The fourth-order valence-electron chi connectivity index (χ4n) is 2.87. The Balaban J connectivity index is 0.00000192. The quantitative estimate of drug-likeness (QED) is 0.907. The van der Waals surface area contributed by atoms with E-state index in [1.807, 2.05) is 31.3 Å². The molecule has 2 heterocycles. The summed E-state index contributed by atoms with van der Waals surface area (Å²) in [5.41, 5.74) is 0.915. The first kappa shape index (κ1) is 18.2. The van der Waals surface area contributed by atoms with Gasteiger partial charge in [-0.2, -0.15) is 4.98 Å². The maximum absolute atomic E-state index is 5.91. The summed E-state index contributed by atoms with van der Waals surface area (Å²) in [5, 5.41) is 8.16. The zero-order chi connectivity index (χ0) is 15.5. The largest absolute Gasteiger partial charge is 0.337 e. The molecule has 0 spiro atoms. The summed E-state index contributed by atoms with van der Waals surface area (Å²) in [6.45, 7) is 4.20. The van der Waals surface area contributed by atoms with Gasteiger partial charge in [-0.15, -0.1) is 12.4 Å². The van der Waals surface area contributed by atoms with Crippen molar-refractivity contribution in [3.63, 3.8) is 0 Å². The zero-order valence-electron chi connectivity index (χ0n) is 13.3. The molecule has 1 aliphatic heterocycles. The van der Waals surface area contributed by atoms with Gasteiger partial charge in [0.05, 0.1) is 6.04 Å². The number of hydrogen-bond acceptors (Lipinski definition) is 5. The van der Waals surface area contributed by atoms with E-state index in [0.29, 0.717) is 22.8 Å². The molecule has 3 rings (SSSR count). The van der Waals surface area contributed by atoms with E-state index in [0.717, 1.165) is 18.7 Å². The van der Waals surface area contributed by atoms with Crippen molar-refractivity contribution >= 4 is 24.0 Å². The van der Waals surface area contributed by atoms with Crippen LogP contribution in [0.2, 0.25) is 5.02 Å². The van der Waals surface area contributed by atoms with Gasteiger partial charge in [0.2, 0.25) is 11.7 Å². The van der Waals surface area contributed by atoms with E-state index in [1.165, 1.54) is 12.8 Å². The highest BCUT2D eigenvalue weighted by Crippen LogP contribution is 2.25. The molecular weight excluding hydrogens is 335 g/mol. The van der Waals surface area contributed by atoms with Crippen LogP contribution in [-0.4, -0.2) is 41.2 Å². The van der Waals surface area contributed by atoms with Crippen molar-refractivity contribution in [1.82, 2.24) is 20.4 Å². The van der Waals surface area contributed by atoms with Crippen LogP contribution in [0.1, 0.15) is 31.7 Å². The highest BCUT2D eigenvalue weighted by Gasteiger charge is 2.27. The minimum atomic E-state index is 0. The third-order valence-corrected chi connectivity index (χ3v) is 4.56. The van der Waals surface area contributed by atoms with E-state index in [-0.39, 0.29) is 18.4 Å². The lowest BCUT2D eigenvalue weighted by Gasteiger charge is -2.35. The van der Waals surface area contributed by atoms with E-state index in [4.69, 9.17) is 16.1 Å². The molecule has 1 aromatic carbocycles. The van der Waals surface area contributed by atoms with Crippen LogP contribution in [0.3, 0.4) is 0 Å². The number of likely N-dealkylation sites (N-methyl/N-ethyl adjacent to an activating group) is 1. The molecular formula is C16H22Cl2N4O. The second-order valence-electron chi connectivity index (χ2n) is 5.76. The van der Waals surface area contributed by atoms with E-state index in [1.54, 1.807) is 0 Å². The molecule has 23 heavy (non-hydrogen) atoms. The second-order valence-corrected chi connectivity index (χ2v) is 6.20. The third-order valence-electron chi connectivity index (χ3n) is 4.31. The van der Waals surface area contributed by atoms with Crippen molar-refractivity contribution in [2.75, 3.05) is 20.1 Å². The van der Waals surface area contributed by atoms with Crippen molar-refractivity contribution in [2.45, 2.75) is 31.8 Å². The molecule has 7 heteroatoms. The topological polar surface area (TPSA) is 54.2 Å². The van der Waals surface area contributed by atoms with Gasteiger partial charge in [0.1, 0.15) is 0 Å². The Labute approximate surface area is 147 Å². The third kappa shape index (κ3) is 4.23. The average Bonchev–Trinajstić information content (AvgIpc) is 3.05. The first-order valence-corrected chi connectivity index (χ1v) is 8.06. The lowest BCUT2D eigenvalue weighted by molar-refractivity contribution is 0.126. The van der Waals surface area contributed by atoms with Crippen LogP contribution >= 0.6 is 24.0 Å². The zero-order valence-corrected chi connectivity index (χ0v) is 14.9. The molecule has 126 valence electrons. The van der Waals surface area contributed by atoms with Gasteiger partial charge in [0, 0.05) is 23.2 Å². The van der Waals surface area contributed by atoms with E-state index in [2.05, 4.69) is 27.3 Å². The van der Waals surface area contributed by atoms with E-state index >= 15 is 0 Å². The summed E-state index contributed by atoms with van der Waals surface area (Å²) in [5.74, 6) is 1.28. The number of piperidine rings is 1. The Morgan fingerprint density at radius 2 is 2.09 bits per heavy atom. The van der Waals surface area contributed by atoms with Crippen LogP contribution < -0.4 is 5.32 Å². The van der Waals surface area contributed by atoms with Gasteiger partial charge < -0.3 is 9.84 Å². The van der Waals surface area contributed by atoms with Gasteiger partial charge in [0.15, 0.2) is 0 Å². The molecule has 1 fully saturated rings. The SMILES string of the molecule is CNC1CCCN(C(C)c2nc(-c3ccc(Cl)cc3)no2)C1.Cl. The molecule has 0 radical (unpaired) electrons. The van der Waals surface area contributed by atoms with Crippen LogP contribution in [-0.2, 0) is 0 Å². The molecule has 2 atom stereocenters. The fourth-order valence-corrected chi connectivity index (χ4v) is 3.00. The van der Waals surface area contributed by atoms with Gasteiger partial charge in [-0.25, -0.2) is 0 Å². The number of aromatic nitrogens is 2. The first-order valence-electron chi connectivity index (χ1n) is 7.68. The van der Waals surface area contributed by atoms with Gasteiger partial charge in [-0.05, 0) is 57.6 Å². The molecule has 5 nitrogen and oxygen atoms in total. The average molecular weight is 357 g/mol. The molecule has 0 aliphatic carbocycles. The monoisotopic (exact) mass is 356 g/mol. The van der Waals surface area contributed by atoms with E-state index in [9.17, 15) is 0 Å². The Morgan fingerprint density at radius 3 is 2.78 bits per heavy atom. The molecule has 0 bridgehead atoms. The molecule has 1 aliphatic rings. The smallest absolute Gasteiger partial charge is 0.244 e. The van der Waals surface area contributed by atoms with Gasteiger partial charge >= 0.3 is 0 Å². The molecule has 0 amide bonds. The summed E-state index contributed by atoms with van der Waals surface area (Å²) in [6.07, 6.45) is 2.41. The summed E-state index contributed by atoms with van der Waals surface area (Å²) >= 11 is 5.91. The number of nitrogens with zero attached hydrogens (tertiary/aromatic N) is 3. The van der Waals surface area contributed by atoms with Crippen molar-refractivity contribution in [3.05, 3.63) is 35.2 Å². The molecule has 2 unspecified atom stereocenters. The van der Waals surface area contributed by atoms with Crippen LogP contribution in [0.4, 0.5) is 0 Å². The van der Waals surface area contributed by atoms with Gasteiger partial charge in [0.25, 0.3) is 0 Å². The summed E-state index contributed by atoms with van der Waals surface area (Å²) < 4.78 is 5.48. The molecule has 1 N–H and O–H groups in total. The number of halogens is 2. The van der Waals surface area contributed by atoms with Crippen LogP contribution in [0.5, 0.6) is 0 Å². The van der Waals surface area contributed by atoms with Gasteiger partial charge in [-0.1, -0.05) is 16.8 Å². The highest BCUT2D eigenvalue weighted by molar-refractivity contribution is 6.30. The summed E-state index contributed by atoms with van der Waals surface area (Å²) in [4.78, 5) is 6.95. The number of rotatable bonds is 4. The second kappa shape index (κ2) is 8.11.